The lowest BCUT2D eigenvalue weighted by Crippen LogP contribution is -2.54. The van der Waals surface area contributed by atoms with E-state index in [1.807, 2.05) is 30.3 Å². The van der Waals surface area contributed by atoms with Crippen molar-refractivity contribution in [2.24, 2.45) is 0 Å². The Morgan fingerprint density at radius 1 is 0.797 bits per heavy atom. The minimum Gasteiger partial charge on any atom is -0.493 e. The van der Waals surface area contributed by atoms with Crippen molar-refractivity contribution in [3.8, 4) is 39.6 Å². The highest BCUT2D eigenvalue weighted by atomic mass is 32.2. The average molecular weight is 893 g/mol. The SMILES string of the molecule is COc1cc(-c2ccnc3ccc(-c4cnc(OC)c(NS(=O)(=O)c5ccc(F)cc5F)c4)cc23)ccc1OCCOCCNc1cccc2c1C(=O)N(C1CCC(=O)NC1=O)C2=O. The first-order chi connectivity index (χ1) is 30.9. The quantitative estimate of drug-likeness (QED) is 0.0758. The van der Waals surface area contributed by atoms with Gasteiger partial charge in [-0.05, 0) is 83.8 Å². The van der Waals surface area contributed by atoms with E-state index < -0.39 is 56.2 Å². The van der Waals surface area contributed by atoms with Crippen LogP contribution < -0.4 is 29.6 Å². The molecule has 0 spiro atoms. The van der Waals surface area contributed by atoms with Gasteiger partial charge in [0.25, 0.3) is 21.8 Å². The fourth-order valence-corrected chi connectivity index (χ4v) is 8.61. The molecule has 64 heavy (non-hydrogen) atoms. The fraction of sp³-hybridized carbons (Fsp3) is 0.200. The Morgan fingerprint density at radius 3 is 2.41 bits per heavy atom. The van der Waals surface area contributed by atoms with Gasteiger partial charge in [0.05, 0.1) is 44.1 Å². The number of fused-ring (bicyclic) bond motifs is 2. The second kappa shape index (κ2) is 18.1. The number of imide groups is 2. The summed E-state index contributed by atoms with van der Waals surface area (Å²) in [6, 6.07) is 20.2. The average Bonchev–Trinajstić information content (AvgIpc) is 3.54. The van der Waals surface area contributed by atoms with Crippen molar-refractivity contribution in [3.63, 3.8) is 0 Å². The van der Waals surface area contributed by atoms with E-state index in [-0.39, 0.29) is 55.4 Å². The van der Waals surface area contributed by atoms with Crippen LogP contribution in [-0.4, -0.2) is 93.5 Å². The van der Waals surface area contributed by atoms with Crippen molar-refractivity contribution in [1.29, 1.82) is 0 Å². The zero-order chi connectivity index (χ0) is 45.1. The smallest absolute Gasteiger partial charge is 0.264 e. The summed E-state index contributed by atoms with van der Waals surface area (Å²) < 4.78 is 79.3. The minimum absolute atomic E-state index is 0.0283. The minimum atomic E-state index is -4.50. The number of aromatic nitrogens is 2. The van der Waals surface area contributed by atoms with Crippen LogP contribution in [0.3, 0.4) is 0 Å². The number of carbonyl (C=O) groups is 4. The van der Waals surface area contributed by atoms with Crippen LogP contribution in [-0.2, 0) is 24.3 Å². The van der Waals surface area contributed by atoms with Gasteiger partial charge in [-0.25, -0.2) is 22.2 Å². The number of rotatable bonds is 16. The molecule has 0 aliphatic carbocycles. The summed E-state index contributed by atoms with van der Waals surface area (Å²) in [6.45, 7) is 0.922. The lowest BCUT2D eigenvalue weighted by atomic mass is 9.97. The molecule has 0 saturated carbocycles. The van der Waals surface area contributed by atoms with Crippen LogP contribution in [0.2, 0.25) is 0 Å². The fourth-order valence-electron chi connectivity index (χ4n) is 7.50. The molecule has 6 aromatic rings. The molecule has 19 heteroatoms. The number of methoxy groups -OCH3 is 2. The zero-order valence-corrected chi connectivity index (χ0v) is 35.0. The van der Waals surface area contributed by atoms with E-state index in [0.29, 0.717) is 46.4 Å². The van der Waals surface area contributed by atoms with Crippen LogP contribution in [0.5, 0.6) is 17.4 Å². The molecule has 1 saturated heterocycles. The lowest BCUT2D eigenvalue weighted by molar-refractivity contribution is -0.136. The number of hydrogen-bond acceptors (Lipinski definition) is 13. The summed E-state index contributed by atoms with van der Waals surface area (Å²) in [4.78, 5) is 59.5. The lowest BCUT2D eigenvalue weighted by Gasteiger charge is -2.27. The topological polar surface area (TPSA) is 204 Å². The van der Waals surface area contributed by atoms with Gasteiger partial charge in [0.15, 0.2) is 11.5 Å². The number of ether oxygens (including phenoxy) is 4. The Kier molecular flexibility index (Phi) is 12.2. The zero-order valence-electron chi connectivity index (χ0n) is 34.1. The third kappa shape index (κ3) is 8.62. The van der Waals surface area contributed by atoms with Crippen molar-refractivity contribution < 1.29 is 55.3 Å². The van der Waals surface area contributed by atoms with E-state index in [2.05, 4.69) is 25.3 Å². The van der Waals surface area contributed by atoms with Crippen molar-refractivity contribution in [2.45, 2.75) is 23.8 Å². The first-order valence-corrected chi connectivity index (χ1v) is 21.2. The van der Waals surface area contributed by atoms with Gasteiger partial charge in [-0.1, -0.05) is 18.2 Å². The van der Waals surface area contributed by atoms with Gasteiger partial charge in [-0.2, -0.15) is 0 Å². The summed E-state index contributed by atoms with van der Waals surface area (Å²) in [7, 11) is -1.67. The number of pyridine rings is 2. The number of benzene rings is 4. The number of sulfonamides is 1. The molecular weight excluding hydrogens is 855 g/mol. The second-order valence-corrected chi connectivity index (χ2v) is 16.1. The van der Waals surface area contributed by atoms with Crippen molar-refractivity contribution in [3.05, 3.63) is 120 Å². The third-order valence-electron chi connectivity index (χ3n) is 10.5. The molecule has 4 heterocycles. The molecule has 1 atom stereocenters. The molecule has 16 nitrogen and oxygen atoms in total. The van der Waals surface area contributed by atoms with Gasteiger partial charge < -0.3 is 24.3 Å². The molecule has 2 aromatic heterocycles. The number of amides is 4. The van der Waals surface area contributed by atoms with Gasteiger partial charge in [-0.3, -0.25) is 39.1 Å². The number of carbonyl (C=O) groups excluding carboxylic acids is 4. The summed E-state index contributed by atoms with van der Waals surface area (Å²) >= 11 is 0. The van der Waals surface area contributed by atoms with E-state index in [1.165, 1.54) is 32.5 Å². The van der Waals surface area contributed by atoms with Crippen LogP contribution in [0, 0.1) is 11.6 Å². The first kappa shape index (κ1) is 43.2. The Balaban J connectivity index is 0.904. The molecule has 328 valence electrons. The van der Waals surface area contributed by atoms with Crippen LogP contribution in [0.4, 0.5) is 20.2 Å². The standard InChI is InChI=1S/C45H38F2N6O10S/c1-60-38-22-26(7-11-37(38)63-19-18-62-17-16-49-34-5-3-4-30-41(34)45(57)53(44(30)56)36-10-13-40(54)51-42(36)55)29-14-15-48-33-9-6-25(20-31(29)33)27-21-35(43(61-2)50-24-27)52-64(58,59)39-12-8-28(46)23-32(39)47/h3-9,11-12,14-15,20-24,36,49,52H,10,13,16-19H2,1-2H3,(H,51,54,55). The van der Waals surface area contributed by atoms with Gasteiger partial charge >= 0.3 is 0 Å². The number of halogens is 2. The summed E-state index contributed by atoms with van der Waals surface area (Å²) in [6.07, 6.45) is 3.27. The molecule has 4 aromatic carbocycles. The Labute approximate surface area is 364 Å². The van der Waals surface area contributed by atoms with E-state index in [9.17, 15) is 36.4 Å². The normalized spacial score (nSPS) is 14.9. The molecule has 1 unspecified atom stereocenters. The van der Waals surface area contributed by atoms with Crippen LogP contribution in [0.15, 0.2) is 102 Å². The molecule has 4 amide bonds. The highest BCUT2D eigenvalue weighted by Crippen LogP contribution is 2.38. The van der Waals surface area contributed by atoms with Gasteiger partial charge in [0, 0.05) is 48.1 Å². The van der Waals surface area contributed by atoms with Gasteiger partial charge in [-0.15, -0.1) is 0 Å². The molecule has 8 rings (SSSR count). The highest BCUT2D eigenvalue weighted by Gasteiger charge is 2.45. The predicted octanol–water partition coefficient (Wildman–Crippen LogP) is 5.97. The largest absolute Gasteiger partial charge is 0.493 e. The van der Waals surface area contributed by atoms with Crippen molar-refractivity contribution >= 4 is 55.9 Å². The van der Waals surface area contributed by atoms with Gasteiger partial charge in [0.1, 0.15) is 34.9 Å². The van der Waals surface area contributed by atoms with E-state index in [4.69, 9.17) is 18.9 Å². The predicted molar refractivity (Wildman–Crippen MR) is 229 cm³/mol. The maximum atomic E-state index is 14.5. The maximum Gasteiger partial charge on any atom is 0.264 e. The van der Waals surface area contributed by atoms with Crippen LogP contribution >= 0.6 is 0 Å². The number of nitrogens with one attached hydrogen (secondary N) is 3. The Morgan fingerprint density at radius 2 is 1.62 bits per heavy atom. The Bertz CT molecular complexity index is 2970. The number of anilines is 2. The summed E-state index contributed by atoms with van der Waals surface area (Å²) in [5.74, 6) is -3.64. The summed E-state index contributed by atoms with van der Waals surface area (Å²) in [5.41, 5.74) is 4.11. The summed E-state index contributed by atoms with van der Waals surface area (Å²) in [5, 5.41) is 6.09. The molecule has 2 aliphatic heterocycles. The number of hydrogen-bond donors (Lipinski definition) is 3. The van der Waals surface area contributed by atoms with Crippen molar-refractivity contribution in [1.82, 2.24) is 20.2 Å². The molecule has 0 radical (unpaired) electrons. The molecule has 1 fully saturated rings. The molecule has 2 aliphatic rings. The number of piperidine rings is 1. The van der Waals surface area contributed by atoms with Crippen molar-refractivity contribution in [2.75, 3.05) is 50.6 Å². The number of nitrogens with zero attached hydrogens (tertiary/aromatic N) is 3. The first-order valence-electron chi connectivity index (χ1n) is 19.8. The molecular formula is C45H38F2N6O10S. The van der Waals surface area contributed by atoms with E-state index in [1.54, 1.807) is 30.5 Å². The third-order valence-corrected chi connectivity index (χ3v) is 11.9. The highest BCUT2D eigenvalue weighted by molar-refractivity contribution is 7.92. The van der Waals surface area contributed by atoms with Crippen LogP contribution in [0.1, 0.15) is 33.6 Å². The molecule has 0 bridgehead atoms. The van der Waals surface area contributed by atoms with Gasteiger partial charge in [0.2, 0.25) is 17.7 Å². The molecule has 3 N–H and O–H groups in total. The van der Waals surface area contributed by atoms with Crippen LogP contribution in [0.25, 0.3) is 33.2 Å². The second-order valence-electron chi connectivity index (χ2n) is 14.5. The van der Waals surface area contributed by atoms with E-state index >= 15 is 0 Å². The Hall–Kier alpha value is -7.51. The maximum absolute atomic E-state index is 14.5. The van der Waals surface area contributed by atoms with E-state index in [0.717, 1.165) is 33.5 Å². The monoisotopic (exact) mass is 892 g/mol.